The molecule has 1 amide bonds. The third kappa shape index (κ3) is 3.77. The standard InChI is InChI=1S/C26H27NO5/c1-4-6-9-14-27-23(17-12-13-20(31-15-5-2)21(16-17)30-3)22-24(28)18-10-7-8-11-19(18)32-25(22)26(27)29/h5,7-8,10-13,16,23H,2,4,6,9,14-15H2,1,3H3. The SMILES string of the molecule is C=CCOc1ccc(C2c3c(oc4ccccc4c3=O)C(=O)N2CCCCC)cc1OC. The Bertz CT molecular complexity index is 1210. The Morgan fingerprint density at radius 2 is 1.94 bits per heavy atom. The van der Waals surface area contributed by atoms with Crippen molar-refractivity contribution in [3.8, 4) is 11.5 Å². The van der Waals surface area contributed by atoms with Crippen molar-refractivity contribution in [1.29, 1.82) is 0 Å². The molecule has 2 aromatic carbocycles. The summed E-state index contributed by atoms with van der Waals surface area (Å²) >= 11 is 0. The van der Waals surface area contributed by atoms with Crippen molar-refractivity contribution in [2.75, 3.05) is 20.3 Å². The van der Waals surface area contributed by atoms with Gasteiger partial charge in [-0.05, 0) is 36.2 Å². The number of benzene rings is 2. The number of hydrogen-bond donors (Lipinski definition) is 0. The first kappa shape index (κ1) is 21.7. The van der Waals surface area contributed by atoms with Gasteiger partial charge in [0, 0.05) is 6.54 Å². The first-order valence-electron chi connectivity index (χ1n) is 10.9. The minimum atomic E-state index is -0.544. The summed E-state index contributed by atoms with van der Waals surface area (Å²) in [6, 6.07) is 12.0. The molecular formula is C26H27NO5. The number of amides is 1. The third-order valence-electron chi connectivity index (χ3n) is 5.74. The van der Waals surface area contributed by atoms with E-state index in [-0.39, 0.29) is 17.1 Å². The minimum absolute atomic E-state index is 0.126. The zero-order chi connectivity index (χ0) is 22.7. The number of fused-ring (bicyclic) bond motifs is 2. The van der Waals surface area contributed by atoms with Gasteiger partial charge in [0.05, 0.1) is 24.1 Å². The van der Waals surface area contributed by atoms with Gasteiger partial charge in [-0.1, -0.05) is 50.6 Å². The summed E-state index contributed by atoms with van der Waals surface area (Å²) in [7, 11) is 1.56. The van der Waals surface area contributed by atoms with E-state index >= 15 is 0 Å². The molecule has 32 heavy (non-hydrogen) atoms. The van der Waals surface area contributed by atoms with E-state index in [0.29, 0.717) is 41.2 Å². The third-order valence-corrected chi connectivity index (χ3v) is 5.74. The van der Waals surface area contributed by atoms with E-state index in [1.54, 1.807) is 48.4 Å². The molecule has 1 aliphatic rings. The fourth-order valence-electron chi connectivity index (χ4n) is 4.20. The molecule has 1 aromatic heterocycles. The lowest BCUT2D eigenvalue weighted by Gasteiger charge is -2.25. The summed E-state index contributed by atoms with van der Waals surface area (Å²) in [5.41, 5.74) is 1.40. The number of ether oxygens (including phenoxy) is 2. The fraction of sp³-hybridized carbons (Fsp3) is 0.308. The molecule has 4 rings (SSSR count). The largest absolute Gasteiger partial charge is 0.493 e. The molecule has 6 heteroatoms. The van der Waals surface area contributed by atoms with Gasteiger partial charge in [-0.15, -0.1) is 0 Å². The van der Waals surface area contributed by atoms with Crippen molar-refractivity contribution in [2.24, 2.45) is 0 Å². The lowest BCUT2D eigenvalue weighted by Crippen LogP contribution is -2.30. The highest BCUT2D eigenvalue weighted by Crippen LogP contribution is 2.41. The van der Waals surface area contributed by atoms with E-state index in [4.69, 9.17) is 13.9 Å². The Morgan fingerprint density at radius 3 is 2.69 bits per heavy atom. The van der Waals surface area contributed by atoms with E-state index in [1.807, 2.05) is 12.1 Å². The van der Waals surface area contributed by atoms with Gasteiger partial charge in [-0.25, -0.2) is 0 Å². The molecule has 1 unspecified atom stereocenters. The predicted octanol–water partition coefficient (Wildman–Crippen LogP) is 5.10. The van der Waals surface area contributed by atoms with Gasteiger partial charge in [-0.3, -0.25) is 9.59 Å². The summed E-state index contributed by atoms with van der Waals surface area (Å²) in [6.07, 6.45) is 4.53. The highest BCUT2D eigenvalue weighted by molar-refractivity contribution is 5.99. The Kier molecular flexibility index (Phi) is 6.30. The van der Waals surface area contributed by atoms with E-state index in [0.717, 1.165) is 24.8 Å². The number of methoxy groups -OCH3 is 1. The van der Waals surface area contributed by atoms with Gasteiger partial charge in [0.15, 0.2) is 16.9 Å². The Labute approximate surface area is 187 Å². The molecule has 0 N–H and O–H groups in total. The van der Waals surface area contributed by atoms with Crippen molar-refractivity contribution in [3.63, 3.8) is 0 Å². The second-order valence-electron chi connectivity index (χ2n) is 7.79. The number of hydrogen-bond acceptors (Lipinski definition) is 5. The Hall–Kier alpha value is -3.54. The van der Waals surface area contributed by atoms with Crippen molar-refractivity contribution in [2.45, 2.75) is 32.2 Å². The van der Waals surface area contributed by atoms with Crippen LogP contribution in [0.5, 0.6) is 11.5 Å². The van der Waals surface area contributed by atoms with Gasteiger partial charge in [-0.2, -0.15) is 0 Å². The predicted molar refractivity (Wildman–Crippen MR) is 124 cm³/mol. The van der Waals surface area contributed by atoms with Crippen molar-refractivity contribution in [3.05, 3.63) is 82.2 Å². The number of carbonyl (C=O) groups excluding carboxylic acids is 1. The van der Waals surface area contributed by atoms with Gasteiger partial charge in [0.25, 0.3) is 5.91 Å². The molecule has 0 saturated carbocycles. The van der Waals surface area contributed by atoms with E-state index in [1.165, 1.54) is 0 Å². The van der Waals surface area contributed by atoms with Crippen LogP contribution in [0.25, 0.3) is 11.0 Å². The number of rotatable bonds is 9. The second kappa shape index (κ2) is 9.30. The fourth-order valence-corrected chi connectivity index (χ4v) is 4.20. The summed E-state index contributed by atoms with van der Waals surface area (Å²) in [5.74, 6) is 0.976. The molecule has 166 valence electrons. The lowest BCUT2D eigenvalue weighted by atomic mass is 9.98. The Balaban J connectivity index is 1.86. The van der Waals surface area contributed by atoms with Crippen LogP contribution < -0.4 is 14.9 Å². The van der Waals surface area contributed by atoms with E-state index in [2.05, 4.69) is 13.5 Å². The van der Waals surface area contributed by atoms with E-state index < -0.39 is 6.04 Å². The molecule has 0 aliphatic carbocycles. The maximum absolute atomic E-state index is 13.5. The molecule has 0 radical (unpaired) electrons. The normalized spacial score (nSPS) is 15.1. The quantitative estimate of drug-likeness (QED) is 0.347. The van der Waals surface area contributed by atoms with E-state index in [9.17, 15) is 9.59 Å². The van der Waals surface area contributed by atoms with Crippen LogP contribution in [0.2, 0.25) is 0 Å². The lowest BCUT2D eigenvalue weighted by molar-refractivity contribution is 0.0724. The monoisotopic (exact) mass is 433 g/mol. The molecule has 2 heterocycles. The molecular weight excluding hydrogens is 406 g/mol. The van der Waals surface area contributed by atoms with Crippen LogP contribution in [-0.4, -0.2) is 31.1 Å². The molecule has 0 saturated heterocycles. The molecule has 0 spiro atoms. The molecule has 0 fully saturated rings. The van der Waals surface area contributed by atoms with Crippen LogP contribution in [0.3, 0.4) is 0 Å². The summed E-state index contributed by atoms with van der Waals surface area (Å²) in [4.78, 5) is 28.6. The molecule has 1 atom stereocenters. The van der Waals surface area contributed by atoms with Gasteiger partial charge >= 0.3 is 0 Å². The topological polar surface area (TPSA) is 69.0 Å². The molecule has 1 aliphatic heterocycles. The smallest absolute Gasteiger partial charge is 0.290 e. The highest BCUT2D eigenvalue weighted by atomic mass is 16.5. The van der Waals surface area contributed by atoms with Crippen LogP contribution >= 0.6 is 0 Å². The first-order valence-corrected chi connectivity index (χ1v) is 10.9. The maximum atomic E-state index is 13.5. The maximum Gasteiger partial charge on any atom is 0.290 e. The van der Waals surface area contributed by atoms with Crippen LogP contribution in [0.4, 0.5) is 0 Å². The Morgan fingerprint density at radius 1 is 1.12 bits per heavy atom. The molecule has 3 aromatic rings. The summed E-state index contributed by atoms with van der Waals surface area (Å²) < 4.78 is 17.2. The van der Waals surface area contributed by atoms with Crippen LogP contribution in [0.1, 0.15) is 53.9 Å². The molecule has 6 nitrogen and oxygen atoms in total. The van der Waals surface area contributed by atoms with Crippen LogP contribution in [0, 0.1) is 0 Å². The molecule has 0 bridgehead atoms. The van der Waals surface area contributed by atoms with Gasteiger partial charge in [0.2, 0.25) is 5.76 Å². The second-order valence-corrected chi connectivity index (χ2v) is 7.79. The number of nitrogens with zero attached hydrogens (tertiary/aromatic N) is 1. The number of para-hydroxylation sites is 1. The van der Waals surface area contributed by atoms with Crippen LogP contribution in [-0.2, 0) is 0 Å². The average Bonchev–Trinajstić information content (AvgIpc) is 3.10. The summed E-state index contributed by atoms with van der Waals surface area (Å²) in [6.45, 7) is 6.67. The number of unbranched alkanes of at least 4 members (excludes halogenated alkanes) is 2. The van der Waals surface area contributed by atoms with Crippen molar-refractivity contribution >= 4 is 16.9 Å². The van der Waals surface area contributed by atoms with Gasteiger partial charge < -0.3 is 18.8 Å². The minimum Gasteiger partial charge on any atom is -0.493 e. The zero-order valence-corrected chi connectivity index (χ0v) is 18.4. The average molecular weight is 434 g/mol. The van der Waals surface area contributed by atoms with Gasteiger partial charge in [0.1, 0.15) is 12.2 Å². The van der Waals surface area contributed by atoms with Crippen LogP contribution in [0.15, 0.2) is 64.3 Å². The van der Waals surface area contributed by atoms with Crippen molar-refractivity contribution in [1.82, 2.24) is 4.90 Å². The number of carbonyl (C=O) groups is 1. The zero-order valence-electron chi connectivity index (χ0n) is 18.4. The highest BCUT2D eigenvalue weighted by Gasteiger charge is 2.42. The first-order chi connectivity index (χ1) is 15.6. The van der Waals surface area contributed by atoms with Crippen molar-refractivity contribution < 1.29 is 18.7 Å². The summed E-state index contributed by atoms with van der Waals surface area (Å²) in [5, 5.41) is 0.470.